The lowest BCUT2D eigenvalue weighted by molar-refractivity contribution is 0.249. The fourth-order valence-electron chi connectivity index (χ4n) is 1.16. The highest BCUT2D eigenvalue weighted by atomic mass is 32.2. The Morgan fingerprint density at radius 2 is 2.11 bits per heavy atom. The zero-order valence-electron chi connectivity index (χ0n) is 9.38. The van der Waals surface area contributed by atoms with Crippen molar-refractivity contribution in [2.75, 3.05) is 18.5 Å². The van der Waals surface area contributed by atoms with Gasteiger partial charge in [-0.15, -0.1) is 0 Å². The summed E-state index contributed by atoms with van der Waals surface area (Å²) in [5, 5.41) is 2.25. The van der Waals surface area contributed by atoms with Crippen molar-refractivity contribution < 1.29 is 13.2 Å². The highest BCUT2D eigenvalue weighted by molar-refractivity contribution is 7.89. The number of anilines is 1. The van der Waals surface area contributed by atoms with Crippen molar-refractivity contribution in [2.24, 2.45) is 11.6 Å². The topological polar surface area (TPSA) is 152 Å². The van der Waals surface area contributed by atoms with E-state index in [0.717, 1.165) is 0 Å². The molecule has 9 nitrogen and oxygen atoms in total. The van der Waals surface area contributed by atoms with E-state index < -0.39 is 16.1 Å². The molecular weight excluding hydrogens is 260 g/mol. The zero-order valence-corrected chi connectivity index (χ0v) is 10.2. The number of amides is 2. The molecule has 0 atom stereocenters. The number of nitrogens with one attached hydrogen (secondary N) is 3. The number of aromatic nitrogens is 1. The molecule has 0 aliphatic heterocycles. The third-order valence-corrected chi connectivity index (χ3v) is 3.41. The fraction of sp³-hybridized carbons (Fsp3) is 0.250. The standard InChI is InChI=1S/C8H14N6O3S/c9-8(15)12-4-5-13-18(16,17)6-2-1-3-11-7(6)14-10/h1-3,13H,4-5,10H2,(H,11,14)(H3,9,12,15). The fourth-order valence-corrected chi connectivity index (χ4v) is 2.31. The highest BCUT2D eigenvalue weighted by Gasteiger charge is 2.18. The van der Waals surface area contributed by atoms with E-state index in [1.807, 2.05) is 0 Å². The molecule has 0 aliphatic rings. The van der Waals surface area contributed by atoms with Gasteiger partial charge in [0.2, 0.25) is 10.0 Å². The van der Waals surface area contributed by atoms with Crippen LogP contribution in [0.1, 0.15) is 0 Å². The van der Waals surface area contributed by atoms with Crippen molar-refractivity contribution >= 4 is 21.9 Å². The third kappa shape index (κ3) is 3.84. The van der Waals surface area contributed by atoms with E-state index in [0.29, 0.717) is 0 Å². The monoisotopic (exact) mass is 274 g/mol. The van der Waals surface area contributed by atoms with Crippen molar-refractivity contribution in [3.8, 4) is 0 Å². The normalized spacial score (nSPS) is 10.9. The number of pyridine rings is 1. The van der Waals surface area contributed by atoms with Crippen LogP contribution in [0.25, 0.3) is 0 Å². The third-order valence-electron chi connectivity index (χ3n) is 1.91. The molecule has 0 fully saturated rings. The summed E-state index contributed by atoms with van der Waals surface area (Å²) in [7, 11) is -3.75. The number of rotatable bonds is 6. The SMILES string of the molecule is NNc1ncccc1S(=O)(=O)NCCNC(N)=O. The van der Waals surface area contributed by atoms with Crippen molar-refractivity contribution in [1.82, 2.24) is 15.0 Å². The van der Waals surface area contributed by atoms with E-state index in [9.17, 15) is 13.2 Å². The lowest BCUT2D eigenvalue weighted by Crippen LogP contribution is -2.37. The molecule has 0 saturated carbocycles. The molecule has 0 spiro atoms. The molecule has 0 saturated heterocycles. The predicted octanol–water partition coefficient (Wildman–Crippen LogP) is -1.69. The van der Waals surface area contributed by atoms with Crippen LogP contribution in [0.2, 0.25) is 0 Å². The second kappa shape index (κ2) is 6.14. The minimum absolute atomic E-state index is 0.00415. The number of carbonyl (C=O) groups excluding carboxylic acids is 1. The molecular formula is C8H14N6O3S. The number of hydrogen-bond donors (Lipinski definition) is 5. The van der Waals surface area contributed by atoms with Crippen LogP contribution in [-0.2, 0) is 10.0 Å². The first-order valence-electron chi connectivity index (χ1n) is 4.92. The summed E-state index contributed by atoms with van der Waals surface area (Å²) in [5.74, 6) is 5.20. The summed E-state index contributed by atoms with van der Waals surface area (Å²) in [4.78, 5) is 14.1. The number of nitrogens with two attached hydrogens (primary N) is 2. The Morgan fingerprint density at radius 1 is 1.39 bits per heavy atom. The van der Waals surface area contributed by atoms with Crippen LogP contribution in [0.5, 0.6) is 0 Å². The van der Waals surface area contributed by atoms with Gasteiger partial charge in [0.15, 0.2) is 5.82 Å². The molecule has 0 unspecified atom stereocenters. The van der Waals surface area contributed by atoms with Gasteiger partial charge in [-0.25, -0.2) is 28.8 Å². The zero-order chi connectivity index (χ0) is 13.6. The Labute approximate surface area is 104 Å². The molecule has 100 valence electrons. The number of sulfonamides is 1. The maximum atomic E-state index is 11.9. The van der Waals surface area contributed by atoms with Crippen molar-refractivity contribution in [3.05, 3.63) is 18.3 Å². The highest BCUT2D eigenvalue weighted by Crippen LogP contribution is 2.15. The van der Waals surface area contributed by atoms with Crippen LogP contribution in [-0.4, -0.2) is 32.5 Å². The Morgan fingerprint density at radius 3 is 2.72 bits per heavy atom. The first kappa shape index (κ1) is 14.2. The lowest BCUT2D eigenvalue weighted by Gasteiger charge is -2.09. The van der Waals surface area contributed by atoms with Gasteiger partial charge < -0.3 is 16.5 Å². The molecule has 1 aromatic rings. The molecule has 18 heavy (non-hydrogen) atoms. The molecule has 2 amide bonds. The van der Waals surface area contributed by atoms with Crippen molar-refractivity contribution in [1.29, 1.82) is 0 Å². The Balaban J connectivity index is 2.71. The Hall–Kier alpha value is -1.91. The predicted molar refractivity (Wildman–Crippen MR) is 64.8 cm³/mol. The average molecular weight is 274 g/mol. The summed E-state index contributed by atoms with van der Waals surface area (Å²) in [6.45, 7) is 0.0877. The second-order valence-electron chi connectivity index (χ2n) is 3.18. The average Bonchev–Trinajstić information content (AvgIpc) is 2.34. The quantitative estimate of drug-likeness (QED) is 0.237. The molecule has 1 aromatic heterocycles. The van der Waals surface area contributed by atoms with Crippen LogP contribution in [0.3, 0.4) is 0 Å². The molecule has 1 rings (SSSR count). The molecule has 10 heteroatoms. The molecule has 0 radical (unpaired) electrons. The number of carbonyl (C=O) groups is 1. The number of hydrogen-bond acceptors (Lipinski definition) is 6. The maximum Gasteiger partial charge on any atom is 0.312 e. The van der Waals surface area contributed by atoms with E-state index >= 15 is 0 Å². The smallest absolute Gasteiger partial charge is 0.312 e. The molecule has 0 bridgehead atoms. The van der Waals surface area contributed by atoms with Crippen LogP contribution in [0, 0.1) is 0 Å². The van der Waals surface area contributed by atoms with Gasteiger partial charge in [0, 0.05) is 19.3 Å². The molecule has 0 aromatic carbocycles. The minimum Gasteiger partial charge on any atom is -0.352 e. The minimum atomic E-state index is -3.75. The van der Waals surface area contributed by atoms with Gasteiger partial charge in [-0.05, 0) is 12.1 Å². The molecule has 7 N–H and O–H groups in total. The lowest BCUT2D eigenvalue weighted by atomic mass is 10.5. The van der Waals surface area contributed by atoms with Crippen LogP contribution in [0.4, 0.5) is 10.6 Å². The summed E-state index contributed by atoms with van der Waals surface area (Å²) < 4.78 is 26.0. The second-order valence-corrected chi connectivity index (χ2v) is 4.92. The van der Waals surface area contributed by atoms with Gasteiger partial charge in [0.1, 0.15) is 4.90 Å². The molecule has 1 heterocycles. The Bertz CT molecular complexity index is 517. The summed E-state index contributed by atoms with van der Waals surface area (Å²) >= 11 is 0. The van der Waals surface area contributed by atoms with Gasteiger partial charge in [-0.3, -0.25) is 0 Å². The summed E-state index contributed by atoms with van der Waals surface area (Å²) in [6, 6.07) is 2.10. The van der Waals surface area contributed by atoms with E-state index in [-0.39, 0.29) is 23.8 Å². The number of primary amides is 1. The van der Waals surface area contributed by atoms with Gasteiger partial charge in [0.25, 0.3) is 0 Å². The van der Waals surface area contributed by atoms with E-state index in [1.54, 1.807) is 0 Å². The van der Waals surface area contributed by atoms with Crippen LogP contribution < -0.4 is 27.0 Å². The first-order chi connectivity index (χ1) is 8.47. The van der Waals surface area contributed by atoms with Crippen molar-refractivity contribution in [2.45, 2.75) is 4.90 Å². The van der Waals surface area contributed by atoms with Gasteiger partial charge in [-0.1, -0.05) is 0 Å². The van der Waals surface area contributed by atoms with Crippen LogP contribution >= 0.6 is 0 Å². The maximum absolute atomic E-state index is 11.9. The molecule has 0 aliphatic carbocycles. The summed E-state index contributed by atoms with van der Waals surface area (Å²) in [5.41, 5.74) is 7.03. The van der Waals surface area contributed by atoms with E-state index in [1.165, 1.54) is 18.3 Å². The largest absolute Gasteiger partial charge is 0.352 e. The summed E-state index contributed by atoms with van der Waals surface area (Å²) in [6.07, 6.45) is 1.41. The van der Waals surface area contributed by atoms with Crippen molar-refractivity contribution in [3.63, 3.8) is 0 Å². The Kier molecular flexibility index (Phi) is 4.83. The van der Waals surface area contributed by atoms with Crippen LogP contribution in [0.15, 0.2) is 23.2 Å². The van der Waals surface area contributed by atoms with Gasteiger partial charge in [-0.2, -0.15) is 0 Å². The van der Waals surface area contributed by atoms with Gasteiger partial charge in [0.05, 0.1) is 0 Å². The number of urea groups is 1. The number of nitrogens with zero attached hydrogens (tertiary/aromatic N) is 1. The number of hydrazine groups is 1. The number of nitrogen functional groups attached to an aromatic ring is 1. The van der Waals surface area contributed by atoms with Gasteiger partial charge >= 0.3 is 6.03 Å². The first-order valence-corrected chi connectivity index (χ1v) is 6.40. The van der Waals surface area contributed by atoms with E-state index in [4.69, 9.17) is 11.6 Å². The van der Waals surface area contributed by atoms with E-state index in [2.05, 4.69) is 20.4 Å².